The zero-order chi connectivity index (χ0) is 57.6. The van der Waals surface area contributed by atoms with Gasteiger partial charge in [0.2, 0.25) is 0 Å². The van der Waals surface area contributed by atoms with Crippen molar-refractivity contribution in [1.29, 1.82) is 0 Å². The fourth-order valence-electron chi connectivity index (χ4n) is 6.43. The predicted molar refractivity (Wildman–Crippen MR) is 272 cm³/mol. The number of ketones is 1. The van der Waals surface area contributed by atoms with Gasteiger partial charge in [0.25, 0.3) is 0 Å². The van der Waals surface area contributed by atoms with E-state index in [0.717, 1.165) is 24.3 Å². The summed E-state index contributed by atoms with van der Waals surface area (Å²) in [5.74, 6) is -2.30. The number of nitrogens with two attached hydrogens (primary N) is 3. The maximum absolute atomic E-state index is 12.9. The van der Waals surface area contributed by atoms with Crippen molar-refractivity contribution in [3.63, 3.8) is 0 Å². The Hall–Kier alpha value is -6.64. The molecule has 2 aromatic heterocycles. The number of benzene rings is 4. The van der Waals surface area contributed by atoms with E-state index in [2.05, 4.69) is 19.9 Å². The van der Waals surface area contributed by atoms with Gasteiger partial charge >= 0.3 is 33.5 Å². The number of carbonyl (C=O) groups is 2. The molecule has 30 heteroatoms. The summed E-state index contributed by atoms with van der Waals surface area (Å²) in [5.41, 5.74) is 14.7. The molecule has 20 nitrogen and oxygen atoms in total. The lowest BCUT2D eigenvalue weighted by atomic mass is 10.1. The van der Waals surface area contributed by atoms with Gasteiger partial charge in [-0.3, -0.25) is 13.9 Å². The van der Waals surface area contributed by atoms with E-state index in [9.17, 15) is 61.9 Å². The summed E-state index contributed by atoms with van der Waals surface area (Å²) in [4.78, 5) is 39.2. The average Bonchev–Trinajstić information content (AvgIpc) is 3.34. The van der Waals surface area contributed by atoms with Crippen molar-refractivity contribution < 1.29 is 85.1 Å². The second kappa shape index (κ2) is 26.6. The van der Waals surface area contributed by atoms with Gasteiger partial charge in [0, 0.05) is 23.2 Å². The highest BCUT2D eigenvalue weighted by atomic mass is 32.2. The third kappa shape index (κ3) is 18.2. The third-order valence-electron chi connectivity index (χ3n) is 9.93. The van der Waals surface area contributed by atoms with E-state index in [1.165, 1.54) is 85.2 Å². The molecule has 2 heterocycles. The van der Waals surface area contributed by atoms with Crippen molar-refractivity contribution in [1.82, 2.24) is 19.9 Å². The van der Waals surface area contributed by atoms with Crippen LogP contribution >= 0.6 is 15.2 Å². The number of alkyl halides is 6. The number of hydrogen-bond donors (Lipinski definition) is 4. The standard InChI is InChI=1S/C24H25F3N3O6PS.C12H8F3N3O2.C11H18NO5PS/c1-3-35-37(32,36-4-2)15-38(33,34)19-11-5-16(6-12-19)13-21(31)22-23(28)29-14-20(30-22)17-7-9-18(10-8-17)24(25,26)27;13-12(14,15)7-3-1-6(2-4-7)8-5-17-10(16)9(18-8)11(19)20;1-3-16-18(13,17-4-2)9-19(14,15)11-7-5-10(12)6-8-11/h5-12,14H,3-4,13,15H2,1-2H3,(H2,28,29);1-5H,(H2,16,17)(H,19,20);5-8H,3-4,9,12H2,1-2H3. The van der Waals surface area contributed by atoms with Crippen molar-refractivity contribution in [3.05, 3.63) is 138 Å². The molecule has 0 aliphatic carbocycles. The largest absolute Gasteiger partial charge is 0.476 e. The first kappa shape index (κ1) is 62.9. The first-order valence-corrected chi connectivity index (χ1v) is 29.2. The van der Waals surface area contributed by atoms with E-state index in [0.29, 0.717) is 22.4 Å². The van der Waals surface area contributed by atoms with Gasteiger partial charge in [-0.2, -0.15) is 26.3 Å². The maximum atomic E-state index is 12.9. The molecule has 7 N–H and O–H groups in total. The molecule has 77 heavy (non-hydrogen) atoms. The number of halogens is 6. The number of rotatable bonds is 20. The predicted octanol–water partition coefficient (Wildman–Crippen LogP) is 9.88. The highest BCUT2D eigenvalue weighted by molar-refractivity contribution is 7.98. The molecule has 0 unspecified atom stereocenters. The van der Waals surface area contributed by atoms with Gasteiger partial charge in [-0.25, -0.2) is 41.6 Å². The second-order valence-electron chi connectivity index (χ2n) is 15.6. The Labute approximate surface area is 438 Å². The first-order valence-electron chi connectivity index (χ1n) is 22.4. The number of carboxylic acids is 1. The van der Waals surface area contributed by atoms with Gasteiger partial charge in [-0.1, -0.05) is 36.4 Å². The van der Waals surface area contributed by atoms with Crippen LogP contribution in [0.25, 0.3) is 22.5 Å². The molecule has 0 radical (unpaired) electrons. The minimum absolute atomic E-state index is 0.0138. The minimum atomic E-state index is -4.49. The van der Waals surface area contributed by atoms with E-state index < -0.39 is 86.8 Å². The van der Waals surface area contributed by atoms with Crippen LogP contribution in [0.2, 0.25) is 0 Å². The third-order valence-corrected chi connectivity index (χ3v) is 19.8. The number of sulfone groups is 2. The maximum Gasteiger partial charge on any atom is 0.416 e. The summed E-state index contributed by atoms with van der Waals surface area (Å²) < 4.78 is 170. The van der Waals surface area contributed by atoms with E-state index in [1.807, 2.05) is 0 Å². The second-order valence-corrected chi connectivity index (χ2v) is 24.6. The normalized spacial score (nSPS) is 12.2. The summed E-state index contributed by atoms with van der Waals surface area (Å²) >= 11 is 0. The molecule has 416 valence electrons. The van der Waals surface area contributed by atoms with Crippen LogP contribution in [0.5, 0.6) is 0 Å². The van der Waals surface area contributed by atoms with Gasteiger partial charge < -0.3 is 40.4 Å². The molecule has 0 bridgehead atoms. The fourth-order valence-corrected chi connectivity index (χ4v) is 15.0. The average molecular weight is 1160 g/mol. The Morgan fingerprint density at radius 2 is 0.883 bits per heavy atom. The monoisotopic (exact) mass is 1160 g/mol. The Morgan fingerprint density at radius 1 is 0.545 bits per heavy atom. The van der Waals surface area contributed by atoms with Crippen LogP contribution in [0.4, 0.5) is 43.7 Å². The molecule has 0 fully saturated rings. The lowest BCUT2D eigenvalue weighted by Crippen LogP contribution is -2.13. The summed E-state index contributed by atoms with van der Waals surface area (Å²) in [5, 5.41) is 8.86. The fraction of sp³-hybridized carbons (Fsp3) is 0.277. The first-order chi connectivity index (χ1) is 35.9. The number of nitrogen functional groups attached to an aromatic ring is 3. The summed E-state index contributed by atoms with van der Waals surface area (Å²) in [7, 11) is -15.3. The van der Waals surface area contributed by atoms with Gasteiger partial charge in [-0.15, -0.1) is 0 Å². The van der Waals surface area contributed by atoms with Crippen LogP contribution in [0.15, 0.2) is 119 Å². The van der Waals surface area contributed by atoms with Crippen molar-refractivity contribution in [3.8, 4) is 22.5 Å². The molecular weight excluding hydrogens is 1110 g/mol. The van der Waals surface area contributed by atoms with Crippen LogP contribution in [-0.2, 0) is 65.7 Å². The molecule has 6 aromatic rings. The number of Topliss-reactive ketones (excluding diaryl/α,β-unsaturated/α-hetero) is 1. The van der Waals surface area contributed by atoms with Crippen LogP contribution in [0.1, 0.15) is 65.4 Å². The number of aromatic nitrogens is 4. The van der Waals surface area contributed by atoms with Crippen LogP contribution < -0.4 is 17.2 Å². The molecule has 0 saturated heterocycles. The van der Waals surface area contributed by atoms with Crippen LogP contribution in [-0.4, -0.2) is 91.0 Å². The molecule has 0 atom stereocenters. The highest BCUT2D eigenvalue weighted by Gasteiger charge is 2.35. The van der Waals surface area contributed by atoms with Crippen molar-refractivity contribution in [2.75, 3.05) is 54.6 Å². The molecule has 0 saturated carbocycles. The SMILES string of the molecule is CCOP(=O)(CS(=O)(=O)c1ccc(CC(=O)c2nc(-c3ccc(C(F)(F)F)cc3)cnc2N)cc1)OCC.CCOP(=O)(CS(=O)(=O)c1ccc(N)cc1)OCC.Nc1ncc(-c2ccc(C(F)(F)F)cc2)nc1C(=O)O. The molecule has 0 spiro atoms. The highest BCUT2D eigenvalue weighted by Crippen LogP contribution is 2.51. The Kier molecular flexibility index (Phi) is 21.7. The van der Waals surface area contributed by atoms with E-state index >= 15 is 0 Å². The van der Waals surface area contributed by atoms with Gasteiger partial charge in [0.05, 0.1) is 71.1 Å². The summed E-state index contributed by atoms with van der Waals surface area (Å²) in [6, 6.07) is 19.4. The number of nitrogens with zero attached hydrogens (tertiary/aromatic N) is 4. The summed E-state index contributed by atoms with van der Waals surface area (Å²) in [6.45, 7) is 6.66. The van der Waals surface area contributed by atoms with E-state index in [-0.39, 0.29) is 71.4 Å². The smallest absolute Gasteiger partial charge is 0.416 e. The molecule has 0 amide bonds. The van der Waals surface area contributed by atoms with Crippen LogP contribution in [0, 0.1) is 0 Å². The molecule has 4 aromatic carbocycles. The quantitative estimate of drug-likeness (QED) is 0.0239. The zero-order valence-electron chi connectivity index (χ0n) is 41.2. The molecule has 6 rings (SSSR count). The van der Waals surface area contributed by atoms with E-state index in [4.69, 9.17) is 40.4 Å². The summed E-state index contributed by atoms with van der Waals surface area (Å²) in [6.07, 6.45) is -6.68. The van der Waals surface area contributed by atoms with Crippen molar-refractivity contribution in [2.45, 2.75) is 56.3 Å². The zero-order valence-corrected chi connectivity index (χ0v) is 44.6. The number of anilines is 3. The number of carboxylic acid groups (broad SMARTS) is 1. The Morgan fingerprint density at radius 3 is 1.22 bits per heavy atom. The molecular formula is C47H51F6N7O13P2S2. The topological polar surface area (TPSA) is 323 Å². The minimum Gasteiger partial charge on any atom is -0.476 e. The Balaban J connectivity index is 0.000000275. The van der Waals surface area contributed by atoms with Gasteiger partial charge in [0.15, 0.2) is 53.8 Å². The number of carbonyl (C=O) groups excluding carboxylic acids is 1. The number of aromatic carboxylic acids is 1. The molecule has 0 aliphatic rings. The van der Waals surface area contributed by atoms with Gasteiger partial charge in [0.1, 0.15) is 5.69 Å². The number of hydrogen-bond acceptors (Lipinski definition) is 19. The lowest BCUT2D eigenvalue weighted by molar-refractivity contribution is -0.138. The van der Waals surface area contributed by atoms with E-state index in [1.54, 1.807) is 27.7 Å². The Bertz CT molecular complexity index is 3310. The molecule has 0 aliphatic heterocycles. The van der Waals surface area contributed by atoms with Crippen molar-refractivity contribution in [2.24, 2.45) is 0 Å². The van der Waals surface area contributed by atoms with Crippen molar-refractivity contribution >= 4 is 63.9 Å². The lowest BCUT2D eigenvalue weighted by Gasteiger charge is -2.17. The van der Waals surface area contributed by atoms with Gasteiger partial charge in [-0.05, 0) is 93.9 Å². The van der Waals surface area contributed by atoms with Crippen LogP contribution in [0.3, 0.4) is 0 Å².